The molecule has 0 bridgehead atoms. The van der Waals surface area contributed by atoms with E-state index in [0.717, 1.165) is 52.7 Å². The third-order valence-corrected chi connectivity index (χ3v) is 6.15. The summed E-state index contributed by atoms with van der Waals surface area (Å²) in [6, 6.07) is 4.07. The average molecular weight is 432 g/mol. The zero-order chi connectivity index (χ0) is 21.2. The largest absolute Gasteiger partial charge is 0.352 e. The molecule has 4 aromatic heterocycles. The molecule has 0 fully saturated rings. The molecule has 0 unspecified atom stereocenters. The van der Waals surface area contributed by atoms with Gasteiger partial charge in [-0.25, -0.2) is 9.97 Å². The monoisotopic (exact) mass is 431 g/mol. The lowest BCUT2D eigenvalue weighted by molar-refractivity contribution is 0.0950. The number of aromatic nitrogens is 5. The maximum Gasteiger partial charge on any atom is 0.253 e. The third-order valence-electron chi connectivity index (χ3n) is 5.37. The molecule has 156 valence electrons. The Morgan fingerprint density at radius 3 is 2.90 bits per heavy atom. The van der Waals surface area contributed by atoms with Gasteiger partial charge >= 0.3 is 0 Å². The predicted octanol–water partition coefficient (Wildman–Crippen LogP) is 3.12. The van der Waals surface area contributed by atoms with E-state index in [2.05, 4.69) is 41.4 Å². The van der Waals surface area contributed by atoms with Crippen LogP contribution in [0.1, 0.15) is 32.2 Å². The van der Waals surface area contributed by atoms with Gasteiger partial charge in [0.1, 0.15) is 10.8 Å². The summed E-state index contributed by atoms with van der Waals surface area (Å²) in [7, 11) is 0. The van der Waals surface area contributed by atoms with Crippen molar-refractivity contribution in [3.8, 4) is 11.1 Å². The molecule has 1 aliphatic rings. The molecule has 0 spiro atoms. The lowest BCUT2D eigenvalue weighted by atomic mass is 10.0. The smallest absolute Gasteiger partial charge is 0.253 e. The number of aromatic amines is 1. The molecule has 0 saturated carbocycles. The minimum atomic E-state index is -0.143. The molecule has 5 rings (SSSR count). The molecule has 1 amide bonds. The second-order valence-electron chi connectivity index (χ2n) is 7.46. The van der Waals surface area contributed by atoms with Gasteiger partial charge in [0.15, 0.2) is 0 Å². The van der Waals surface area contributed by atoms with Crippen molar-refractivity contribution in [2.45, 2.75) is 26.4 Å². The van der Waals surface area contributed by atoms with Crippen LogP contribution in [0.2, 0.25) is 0 Å². The van der Waals surface area contributed by atoms with Gasteiger partial charge in [-0.1, -0.05) is 0 Å². The highest BCUT2D eigenvalue weighted by molar-refractivity contribution is 7.09. The van der Waals surface area contributed by atoms with Crippen LogP contribution in [0.5, 0.6) is 0 Å². The highest BCUT2D eigenvalue weighted by Crippen LogP contribution is 2.28. The predicted molar refractivity (Wildman–Crippen MR) is 119 cm³/mol. The number of pyridine rings is 2. The normalized spacial score (nSPS) is 13.1. The van der Waals surface area contributed by atoms with Crippen LogP contribution in [-0.2, 0) is 19.5 Å². The summed E-state index contributed by atoms with van der Waals surface area (Å²) in [6.45, 7) is 3.99. The summed E-state index contributed by atoms with van der Waals surface area (Å²) < 4.78 is 0. The summed E-state index contributed by atoms with van der Waals surface area (Å²) >= 11 is 1.52. The molecule has 8 nitrogen and oxygen atoms in total. The van der Waals surface area contributed by atoms with Crippen LogP contribution < -0.4 is 10.2 Å². The highest BCUT2D eigenvalue weighted by atomic mass is 32.1. The van der Waals surface area contributed by atoms with Crippen molar-refractivity contribution in [3.05, 3.63) is 75.9 Å². The van der Waals surface area contributed by atoms with Gasteiger partial charge in [-0.15, -0.1) is 11.3 Å². The number of rotatable bonds is 5. The molecule has 4 aromatic rings. The topological polar surface area (TPSA) is 99.7 Å². The molecule has 0 radical (unpaired) electrons. The molecule has 5 heterocycles. The number of hydrogen-bond donors (Lipinski definition) is 2. The number of anilines is 1. The van der Waals surface area contributed by atoms with E-state index in [1.165, 1.54) is 16.9 Å². The van der Waals surface area contributed by atoms with Gasteiger partial charge in [0, 0.05) is 66.5 Å². The number of amides is 1. The molecule has 1 aliphatic heterocycles. The van der Waals surface area contributed by atoms with Gasteiger partial charge in [-0.3, -0.25) is 14.9 Å². The molecule has 0 saturated heterocycles. The summed E-state index contributed by atoms with van der Waals surface area (Å²) in [5.41, 5.74) is 5.92. The molecule has 0 atom stereocenters. The Morgan fingerprint density at radius 2 is 2.13 bits per heavy atom. The SMILES string of the molecule is Cc1cc(C(=O)NCc2nccs2)cnc1N1CCc2ncc(-c3cn[nH]c3)cc2C1. The van der Waals surface area contributed by atoms with Crippen molar-refractivity contribution in [2.75, 3.05) is 11.4 Å². The Hall–Kier alpha value is -3.59. The number of hydrogen-bond acceptors (Lipinski definition) is 7. The average Bonchev–Trinajstić information content (AvgIpc) is 3.51. The van der Waals surface area contributed by atoms with E-state index in [9.17, 15) is 4.79 Å². The minimum Gasteiger partial charge on any atom is -0.352 e. The molecule has 31 heavy (non-hydrogen) atoms. The summed E-state index contributed by atoms with van der Waals surface area (Å²) in [4.78, 5) is 28.2. The van der Waals surface area contributed by atoms with Crippen molar-refractivity contribution in [3.63, 3.8) is 0 Å². The zero-order valence-electron chi connectivity index (χ0n) is 17.0. The number of aryl methyl sites for hydroxylation is 1. The van der Waals surface area contributed by atoms with Gasteiger partial charge in [0.2, 0.25) is 0 Å². The van der Waals surface area contributed by atoms with Crippen molar-refractivity contribution in [1.29, 1.82) is 0 Å². The minimum absolute atomic E-state index is 0.143. The Bertz CT molecular complexity index is 1200. The second kappa shape index (κ2) is 8.27. The van der Waals surface area contributed by atoms with Crippen LogP contribution in [0, 0.1) is 6.92 Å². The Labute approximate surface area is 183 Å². The van der Waals surface area contributed by atoms with E-state index in [1.807, 2.05) is 30.8 Å². The maximum absolute atomic E-state index is 12.5. The highest BCUT2D eigenvalue weighted by Gasteiger charge is 2.21. The van der Waals surface area contributed by atoms with Crippen LogP contribution in [0.15, 0.2) is 48.5 Å². The van der Waals surface area contributed by atoms with Gasteiger partial charge in [-0.05, 0) is 30.2 Å². The van der Waals surface area contributed by atoms with E-state index in [0.29, 0.717) is 12.1 Å². The second-order valence-corrected chi connectivity index (χ2v) is 8.44. The third kappa shape index (κ3) is 4.04. The fourth-order valence-electron chi connectivity index (χ4n) is 3.79. The lowest BCUT2D eigenvalue weighted by Crippen LogP contribution is -2.32. The summed E-state index contributed by atoms with van der Waals surface area (Å²) in [5, 5.41) is 12.5. The Morgan fingerprint density at radius 1 is 1.19 bits per heavy atom. The maximum atomic E-state index is 12.5. The first-order chi connectivity index (χ1) is 15.2. The number of H-pyrrole nitrogens is 1. The van der Waals surface area contributed by atoms with E-state index in [4.69, 9.17) is 0 Å². The van der Waals surface area contributed by atoms with Crippen molar-refractivity contribution in [1.82, 2.24) is 30.5 Å². The summed E-state index contributed by atoms with van der Waals surface area (Å²) in [5.74, 6) is 0.756. The van der Waals surface area contributed by atoms with Crippen LogP contribution in [0.3, 0.4) is 0 Å². The van der Waals surface area contributed by atoms with Gasteiger partial charge < -0.3 is 10.2 Å². The lowest BCUT2D eigenvalue weighted by Gasteiger charge is -2.30. The van der Waals surface area contributed by atoms with E-state index in [1.54, 1.807) is 18.6 Å². The van der Waals surface area contributed by atoms with Gasteiger partial charge in [-0.2, -0.15) is 5.10 Å². The van der Waals surface area contributed by atoms with E-state index >= 15 is 0 Å². The van der Waals surface area contributed by atoms with Crippen LogP contribution >= 0.6 is 11.3 Å². The summed E-state index contributed by atoms with van der Waals surface area (Å²) in [6.07, 6.45) is 9.81. The van der Waals surface area contributed by atoms with E-state index in [-0.39, 0.29) is 5.91 Å². The zero-order valence-corrected chi connectivity index (χ0v) is 17.8. The van der Waals surface area contributed by atoms with Crippen LogP contribution in [-0.4, -0.2) is 37.6 Å². The fraction of sp³-hybridized carbons (Fsp3) is 0.227. The quantitative estimate of drug-likeness (QED) is 0.504. The Balaban J connectivity index is 1.32. The first-order valence-electron chi connectivity index (χ1n) is 10.0. The van der Waals surface area contributed by atoms with Crippen LogP contribution in [0.4, 0.5) is 5.82 Å². The number of carbonyl (C=O) groups is 1. The van der Waals surface area contributed by atoms with Gasteiger partial charge in [0.25, 0.3) is 5.91 Å². The molecular formula is C22H21N7OS. The molecule has 2 N–H and O–H groups in total. The molecule has 0 aromatic carbocycles. The van der Waals surface area contributed by atoms with E-state index < -0.39 is 0 Å². The standard InChI is InChI=1S/C22H21N7OS/c1-14-6-16(22(30)26-12-20-23-3-5-31-20)9-25-21(14)29-4-2-19-17(13-29)7-15(8-24-19)18-10-27-28-11-18/h3,5-11H,2,4,12-13H2,1H3,(H,26,30)(H,27,28). The van der Waals surface area contributed by atoms with Gasteiger partial charge in [0.05, 0.1) is 18.3 Å². The molecule has 9 heteroatoms. The number of carbonyl (C=O) groups excluding carboxylic acids is 1. The fourth-order valence-corrected chi connectivity index (χ4v) is 4.35. The number of thiazole rings is 1. The van der Waals surface area contributed by atoms with Crippen molar-refractivity contribution in [2.24, 2.45) is 0 Å². The number of nitrogens with zero attached hydrogens (tertiary/aromatic N) is 5. The number of nitrogens with one attached hydrogen (secondary N) is 2. The number of fused-ring (bicyclic) bond motifs is 1. The molecule has 0 aliphatic carbocycles. The first kappa shape index (κ1) is 19.4. The van der Waals surface area contributed by atoms with Crippen molar-refractivity contribution < 1.29 is 4.79 Å². The van der Waals surface area contributed by atoms with Crippen LogP contribution in [0.25, 0.3) is 11.1 Å². The Kier molecular flexibility index (Phi) is 5.17. The van der Waals surface area contributed by atoms with Crippen molar-refractivity contribution >= 4 is 23.1 Å². The first-order valence-corrected chi connectivity index (χ1v) is 10.9. The molecular weight excluding hydrogens is 410 g/mol.